The lowest BCUT2D eigenvalue weighted by Crippen LogP contribution is -2.47. The lowest BCUT2D eigenvalue weighted by molar-refractivity contribution is 0.117. The molecule has 1 unspecified atom stereocenters. The fourth-order valence-electron chi connectivity index (χ4n) is 2.10. The summed E-state index contributed by atoms with van der Waals surface area (Å²) >= 11 is 0. The van der Waals surface area contributed by atoms with Crippen LogP contribution in [0, 0.1) is 11.3 Å². The van der Waals surface area contributed by atoms with Crippen molar-refractivity contribution in [1.29, 1.82) is 5.26 Å². The number of hydrogen-bond acceptors (Lipinski definition) is 4. The van der Waals surface area contributed by atoms with E-state index in [0.29, 0.717) is 0 Å². The summed E-state index contributed by atoms with van der Waals surface area (Å²) in [5, 5.41) is 9.22. The van der Waals surface area contributed by atoms with E-state index in [-0.39, 0.29) is 6.04 Å². The first-order valence-electron chi connectivity index (χ1n) is 5.69. The Bertz CT molecular complexity index is 345. The van der Waals surface area contributed by atoms with Crippen LogP contribution in [0.3, 0.4) is 0 Å². The van der Waals surface area contributed by atoms with Gasteiger partial charge in [-0.3, -0.25) is 4.90 Å². The third kappa shape index (κ3) is 2.23. The molecule has 1 aliphatic rings. The van der Waals surface area contributed by atoms with Crippen LogP contribution in [-0.2, 0) is 0 Å². The maximum atomic E-state index is 9.22. The summed E-state index contributed by atoms with van der Waals surface area (Å²) in [6.45, 7) is 7.25. The zero-order valence-electron chi connectivity index (χ0n) is 9.56. The highest BCUT2D eigenvalue weighted by atomic mass is 15.3. The van der Waals surface area contributed by atoms with Crippen molar-refractivity contribution >= 4 is 0 Å². The maximum absolute atomic E-state index is 9.22. The topological polar surface area (TPSA) is 58.9 Å². The quantitative estimate of drug-likeness (QED) is 0.809. The molecule has 5 nitrogen and oxygen atoms in total. The van der Waals surface area contributed by atoms with Gasteiger partial charge in [-0.2, -0.15) is 5.26 Å². The number of imidazole rings is 1. The number of hydrogen-bond donors (Lipinski definition) is 1. The highest BCUT2D eigenvalue weighted by molar-refractivity contribution is 5.12. The highest BCUT2D eigenvalue weighted by Gasteiger charge is 2.24. The summed E-state index contributed by atoms with van der Waals surface area (Å²) < 4.78 is 0. The van der Waals surface area contributed by atoms with Crippen LogP contribution in [0.25, 0.3) is 0 Å². The Balaban J connectivity index is 2.00. The van der Waals surface area contributed by atoms with Crippen molar-refractivity contribution in [2.24, 2.45) is 0 Å². The minimum Gasteiger partial charge on any atom is -0.346 e. The van der Waals surface area contributed by atoms with Crippen LogP contribution < -0.4 is 0 Å². The van der Waals surface area contributed by atoms with E-state index in [1.54, 1.807) is 12.5 Å². The zero-order chi connectivity index (χ0) is 11.4. The lowest BCUT2D eigenvalue weighted by atomic mass is 10.2. The fourth-order valence-corrected chi connectivity index (χ4v) is 2.10. The number of aromatic amines is 1. The molecule has 86 valence electrons. The Morgan fingerprint density at radius 2 is 2.25 bits per heavy atom. The first-order valence-corrected chi connectivity index (χ1v) is 5.69. The molecule has 0 aliphatic carbocycles. The molecule has 1 atom stereocenters. The van der Waals surface area contributed by atoms with Crippen LogP contribution in [0.4, 0.5) is 0 Å². The van der Waals surface area contributed by atoms with E-state index in [1.807, 2.05) is 0 Å². The van der Waals surface area contributed by atoms with E-state index in [9.17, 15) is 5.26 Å². The number of likely N-dealkylation sites (N-methyl/N-ethyl adjacent to an activating group) is 1. The summed E-state index contributed by atoms with van der Waals surface area (Å²) in [5.74, 6) is 0. The minimum absolute atomic E-state index is 0.179. The van der Waals surface area contributed by atoms with Crippen molar-refractivity contribution in [2.75, 3.05) is 32.7 Å². The molecule has 1 fully saturated rings. The van der Waals surface area contributed by atoms with E-state index >= 15 is 0 Å². The summed E-state index contributed by atoms with van der Waals surface area (Å²) in [6.07, 6.45) is 3.36. The van der Waals surface area contributed by atoms with E-state index in [0.717, 1.165) is 38.4 Å². The fraction of sp³-hybridized carbons (Fsp3) is 0.636. The molecule has 0 spiro atoms. The Morgan fingerprint density at radius 1 is 1.50 bits per heavy atom. The number of H-pyrrole nitrogens is 1. The van der Waals surface area contributed by atoms with Crippen LogP contribution in [0.2, 0.25) is 0 Å². The second-order valence-electron chi connectivity index (χ2n) is 4.01. The Hall–Kier alpha value is -1.38. The van der Waals surface area contributed by atoms with Crippen molar-refractivity contribution in [1.82, 2.24) is 19.8 Å². The molecule has 1 aliphatic heterocycles. The third-order valence-electron chi connectivity index (χ3n) is 3.16. The number of piperazine rings is 1. The van der Waals surface area contributed by atoms with E-state index in [2.05, 4.69) is 32.8 Å². The van der Waals surface area contributed by atoms with Gasteiger partial charge < -0.3 is 9.88 Å². The molecule has 0 radical (unpaired) electrons. The smallest absolute Gasteiger partial charge is 0.140 e. The van der Waals surface area contributed by atoms with Gasteiger partial charge in [0.15, 0.2) is 0 Å². The molecule has 1 aromatic rings. The Morgan fingerprint density at radius 3 is 2.75 bits per heavy atom. The second kappa shape index (κ2) is 5.10. The highest BCUT2D eigenvalue weighted by Crippen LogP contribution is 2.18. The number of aromatic nitrogens is 2. The van der Waals surface area contributed by atoms with Crippen LogP contribution in [0.5, 0.6) is 0 Å². The summed E-state index contributed by atoms with van der Waals surface area (Å²) in [5.41, 5.74) is 0.896. The zero-order valence-corrected chi connectivity index (χ0v) is 9.56. The average molecular weight is 219 g/mol. The molecule has 1 saturated heterocycles. The molecule has 0 bridgehead atoms. The molecule has 0 amide bonds. The maximum Gasteiger partial charge on any atom is 0.140 e. The van der Waals surface area contributed by atoms with Gasteiger partial charge >= 0.3 is 0 Å². The van der Waals surface area contributed by atoms with E-state index < -0.39 is 0 Å². The van der Waals surface area contributed by atoms with Crippen LogP contribution in [0.15, 0.2) is 12.5 Å². The van der Waals surface area contributed by atoms with E-state index in [4.69, 9.17) is 0 Å². The molecule has 1 aromatic heterocycles. The number of nitriles is 1. The molecule has 5 heteroatoms. The molecule has 16 heavy (non-hydrogen) atoms. The molecule has 2 rings (SSSR count). The monoisotopic (exact) mass is 219 g/mol. The molecule has 0 aromatic carbocycles. The number of rotatable bonds is 3. The summed E-state index contributed by atoms with van der Waals surface area (Å²) in [7, 11) is 0. The van der Waals surface area contributed by atoms with Gasteiger partial charge in [0.05, 0.1) is 24.3 Å². The largest absolute Gasteiger partial charge is 0.346 e. The molecular formula is C11H17N5. The minimum atomic E-state index is -0.179. The first kappa shape index (κ1) is 11.1. The van der Waals surface area contributed by atoms with Gasteiger partial charge in [-0.15, -0.1) is 0 Å². The van der Waals surface area contributed by atoms with Gasteiger partial charge in [-0.25, -0.2) is 4.98 Å². The standard InChI is InChI=1S/C11H17N5/c1-2-15-3-5-16(6-4-15)11(7-12)10-8-13-9-14-10/h8-9,11H,2-6H2,1H3,(H,13,14). The first-order chi connectivity index (χ1) is 7.85. The summed E-state index contributed by atoms with van der Waals surface area (Å²) in [6, 6.07) is 2.16. The van der Waals surface area contributed by atoms with Crippen LogP contribution in [-0.4, -0.2) is 52.5 Å². The van der Waals surface area contributed by atoms with Crippen molar-refractivity contribution in [3.63, 3.8) is 0 Å². The third-order valence-corrected chi connectivity index (χ3v) is 3.16. The van der Waals surface area contributed by atoms with Crippen molar-refractivity contribution in [3.05, 3.63) is 18.2 Å². The molecular weight excluding hydrogens is 202 g/mol. The predicted octanol–water partition coefficient (Wildman–Crippen LogP) is 0.612. The predicted molar refractivity (Wildman–Crippen MR) is 60.6 cm³/mol. The normalized spacial score (nSPS) is 20.5. The molecule has 2 heterocycles. The number of nitrogens with zero attached hydrogens (tertiary/aromatic N) is 4. The number of nitrogens with one attached hydrogen (secondary N) is 1. The van der Waals surface area contributed by atoms with Crippen LogP contribution in [0.1, 0.15) is 18.7 Å². The SMILES string of the molecule is CCN1CCN(C(C#N)c2cnc[nH]2)CC1. The van der Waals surface area contributed by atoms with Crippen molar-refractivity contribution in [2.45, 2.75) is 13.0 Å². The van der Waals surface area contributed by atoms with Gasteiger partial charge in [0, 0.05) is 26.2 Å². The Labute approximate surface area is 95.7 Å². The van der Waals surface area contributed by atoms with Crippen molar-refractivity contribution < 1.29 is 0 Å². The van der Waals surface area contributed by atoms with E-state index in [1.165, 1.54) is 0 Å². The van der Waals surface area contributed by atoms with Gasteiger partial charge in [-0.1, -0.05) is 6.92 Å². The van der Waals surface area contributed by atoms with Crippen LogP contribution >= 0.6 is 0 Å². The summed E-state index contributed by atoms with van der Waals surface area (Å²) in [4.78, 5) is 11.6. The van der Waals surface area contributed by atoms with Gasteiger partial charge in [0.1, 0.15) is 6.04 Å². The average Bonchev–Trinajstić information content (AvgIpc) is 2.85. The van der Waals surface area contributed by atoms with Crippen molar-refractivity contribution in [3.8, 4) is 6.07 Å². The van der Waals surface area contributed by atoms with Gasteiger partial charge in [0.25, 0.3) is 0 Å². The lowest BCUT2D eigenvalue weighted by Gasteiger charge is -2.35. The molecule has 1 N–H and O–H groups in total. The molecule has 0 saturated carbocycles. The second-order valence-corrected chi connectivity index (χ2v) is 4.01. The van der Waals surface area contributed by atoms with Gasteiger partial charge in [0.2, 0.25) is 0 Å². The Kier molecular flexibility index (Phi) is 3.54. The van der Waals surface area contributed by atoms with Gasteiger partial charge in [-0.05, 0) is 6.54 Å².